The molecule has 0 radical (unpaired) electrons. The van der Waals surface area contributed by atoms with Gasteiger partial charge in [0.25, 0.3) is 0 Å². The van der Waals surface area contributed by atoms with Crippen molar-refractivity contribution in [3.8, 4) is 0 Å². The van der Waals surface area contributed by atoms with E-state index in [0.29, 0.717) is 0 Å². The molecule has 0 bridgehead atoms. The summed E-state index contributed by atoms with van der Waals surface area (Å²) in [5.41, 5.74) is 3.20. The molecule has 1 aromatic carbocycles. The summed E-state index contributed by atoms with van der Waals surface area (Å²) in [6.45, 7) is 4.73. The number of hydrogen-bond acceptors (Lipinski definition) is 0. The predicted molar refractivity (Wildman–Crippen MR) is 145 cm³/mol. The summed E-state index contributed by atoms with van der Waals surface area (Å²) in [5.74, 6) is 6.02. The molecule has 1 aromatic rings. The Hall–Kier alpha value is -0.780. The van der Waals surface area contributed by atoms with Crippen LogP contribution in [-0.2, 0) is 6.42 Å². The maximum Gasteiger partial charge on any atom is -0.0162 e. The molecule has 0 saturated heterocycles. The Labute approximate surface area is 206 Å². The molecule has 0 aliphatic heterocycles. The smallest absolute Gasteiger partial charge is 0.0162 e. The standard InChI is InChI=1S/C33H54/c1-3-5-27-6-8-28(9-7-27)10-11-29-12-14-30(15-13-29)16-17-31-20-24-33(25-21-31)32-22-18-26(4-2)19-23-32/h20-21,24-30,32H,3-19,22-23H2,1-2H3. The average Bonchev–Trinajstić information content (AvgIpc) is 2.88. The van der Waals surface area contributed by atoms with Gasteiger partial charge in [-0.05, 0) is 85.2 Å². The van der Waals surface area contributed by atoms with Gasteiger partial charge >= 0.3 is 0 Å². The molecule has 0 unspecified atom stereocenters. The van der Waals surface area contributed by atoms with Crippen molar-refractivity contribution in [3.63, 3.8) is 0 Å². The van der Waals surface area contributed by atoms with Crippen molar-refractivity contribution in [2.24, 2.45) is 29.6 Å². The van der Waals surface area contributed by atoms with E-state index in [9.17, 15) is 0 Å². The van der Waals surface area contributed by atoms with Gasteiger partial charge < -0.3 is 0 Å². The highest BCUT2D eigenvalue weighted by Gasteiger charge is 2.25. The molecule has 0 amide bonds. The van der Waals surface area contributed by atoms with E-state index in [0.717, 1.165) is 35.5 Å². The molecule has 3 aliphatic rings. The first-order valence-electron chi connectivity index (χ1n) is 15.3. The number of benzene rings is 1. The Morgan fingerprint density at radius 1 is 0.515 bits per heavy atom. The van der Waals surface area contributed by atoms with Crippen LogP contribution in [0.3, 0.4) is 0 Å². The first-order chi connectivity index (χ1) is 16.2. The molecule has 0 spiro atoms. The summed E-state index contributed by atoms with van der Waals surface area (Å²) in [6, 6.07) is 9.86. The van der Waals surface area contributed by atoms with Crippen LogP contribution in [0.15, 0.2) is 24.3 Å². The van der Waals surface area contributed by atoms with Gasteiger partial charge in [-0.1, -0.05) is 122 Å². The van der Waals surface area contributed by atoms with Crippen molar-refractivity contribution in [1.82, 2.24) is 0 Å². The van der Waals surface area contributed by atoms with Gasteiger partial charge in [0.05, 0.1) is 0 Å². The van der Waals surface area contributed by atoms with Crippen LogP contribution in [0.25, 0.3) is 0 Å². The first-order valence-corrected chi connectivity index (χ1v) is 15.3. The maximum absolute atomic E-state index is 2.47. The minimum Gasteiger partial charge on any atom is -0.0654 e. The molecule has 0 atom stereocenters. The number of hydrogen-bond donors (Lipinski definition) is 0. The van der Waals surface area contributed by atoms with Crippen molar-refractivity contribution in [2.45, 2.75) is 142 Å². The molecule has 4 rings (SSSR count). The van der Waals surface area contributed by atoms with Crippen LogP contribution in [0, 0.1) is 29.6 Å². The largest absolute Gasteiger partial charge is 0.0654 e. The Kier molecular flexibility index (Phi) is 10.2. The lowest BCUT2D eigenvalue weighted by atomic mass is 9.74. The fourth-order valence-electron chi connectivity index (χ4n) is 7.73. The second-order valence-corrected chi connectivity index (χ2v) is 12.5. The van der Waals surface area contributed by atoms with E-state index in [1.807, 2.05) is 0 Å². The second kappa shape index (κ2) is 13.3. The molecule has 0 nitrogen and oxygen atoms in total. The predicted octanol–water partition coefficient (Wildman–Crippen LogP) is 10.5. The monoisotopic (exact) mass is 450 g/mol. The molecule has 0 heteroatoms. The molecule has 33 heavy (non-hydrogen) atoms. The van der Waals surface area contributed by atoms with Crippen LogP contribution < -0.4 is 0 Å². The Morgan fingerprint density at radius 2 is 0.970 bits per heavy atom. The van der Waals surface area contributed by atoms with E-state index in [4.69, 9.17) is 0 Å². The number of rotatable bonds is 10. The molecular formula is C33H54. The van der Waals surface area contributed by atoms with Crippen LogP contribution in [0.1, 0.15) is 146 Å². The zero-order valence-corrected chi connectivity index (χ0v) is 22.2. The average molecular weight is 451 g/mol. The van der Waals surface area contributed by atoms with Gasteiger partial charge in [-0.2, -0.15) is 0 Å². The zero-order valence-electron chi connectivity index (χ0n) is 22.2. The third-order valence-corrected chi connectivity index (χ3v) is 10.3. The van der Waals surface area contributed by atoms with Crippen LogP contribution in [-0.4, -0.2) is 0 Å². The van der Waals surface area contributed by atoms with Gasteiger partial charge in [-0.25, -0.2) is 0 Å². The van der Waals surface area contributed by atoms with Gasteiger partial charge in [0, 0.05) is 0 Å². The lowest BCUT2D eigenvalue weighted by molar-refractivity contribution is 0.209. The van der Waals surface area contributed by atoms with E-state index in [-0.39, 0.29) is 0 Å². The van der Waals surface area contributed by atoms with E-state index in [1.54, 1.807) is 30.4 Å². The van der Waals surface area contributed by atoms with E-state index >= 15 is 0 Å². The van der Waals surface area contributed by atoms with Crippen molar-refractivity contribution in [2.75, 3.05) is 0 Å². The molecule has 3 aliphatic carbocycles. The zero-order chi connectivity index (χ0) is 22.9. The normalized spacial score (nSPS) is 33.2. The van der Waals surface area contributed by atoms with Crippen molar-refractivity contribution in [3.05, 3.63) is 35.4 Å². The molecule has 0 N–H and O–H groups in total. The van der Waals surface area contributed by atoms with Crippen LogP contribution in [0.2, 0.25) is 0 Å². The maximum atomic E-state index is 2.47. The minimum atomic E-state index is 0.837. The molecule has 0 heterocycles. The lowest BCUT2D eigenvalue weighted by Gasteiger charge is -2.32. The fourth-order valence-corrected chi connectivity index (χ4v) is 7.73. The second-order valence-electron chi connectivity index (χ2n) is 12.5. The summed E-state index contributed by atoms with van der Waals surface area (Å²) in [5, 5.41) is 0. The van der Waals surface area contributed by atoms with Crippen LogP contribution in [0.4, 0.5) is 0 Å². The lowest BCUT2D eigenvalue weighted by Crippen LogP contribution is -2.18. The Morgan fingerprint density at radius 3 is 1.45 bits per heavy atom. The fraction of sp³-hybridized carbons (Fsp3) is 0.818. The van der Waals surface area contributed by atoms with Crippen molar-refractivity contribution in [1.29, 1.82) is 0 Å². The molecule has 3 fully saturated rings. The van der Waals surface area contributed by atoms with Gasteiger partial charge in [0.15, 0.2) is 0 Å². The summed E-state index contributed by atoms with van der Waals surface area (Å²) in [4.78, 5) is 0. The summed E-state index contributed by atoms with van der Waals surface area (Å²) >= 11 is 0. The first kappa shape index (κ1) is 25.3. The molecule has 0 aromatic heterocycles. The number of aryl methyl sites for hydroxylation is 1. The summed E-state index contributed by atoms with van der Waals surface area (Å²) in [6.07, 6.45) is 28.0. The van der Waals surface area contributed by atoms with Gasteiger partial charge in [0.1, 0.15) is 0 Å². The summed E-state index contributed by atoms with van der Waals surface area (Å²) < 4.78 is 0. The third-order valence-electron chi connectivity index (χ3n) is 10.3. The third kappa shape index (κ3) is 7.86. The van der Waals surface area contributed by atoms with Crippen molar-refractivity contribution >= 4 is 0 Å². The minimum absolute atomic E-state index is 0.837. The Balaban J connectivity index is 1.09. The highest BCUT2D eigenvalue weighted by molar-refractivity contribution is 5.26. The van der Waals surface area contributed by atoms with Crippen LogP contribution >= 0.6 is 0 Å². The van der Waals surface area contributed by atoms with Crippen molar-refractivity contribution < 1.29 is 0 Å². The van der Waals surface area contributed by atoms with E-state index < -0.39 is 0 Å². The molecule has 3 saturated carbocycles. The van der Waals surface area contributed by atoms with Gasteiger partial charge in [-0.3, -0.25) is 0 Å². The van der Waals surface area contributed by atoms with Gasteiger partial charge in [0.2, 0.25) is 0 Å². The van der Waals surface area contributed by atoms with Gasteiger partial charge in [-0.15, -0.1) is 0 Å². The van der Waals surface area contributed by atoms with Crippen LogP contribution in [0.5, 0.6) is 0 Å². The highest BCUT2D eigenvalue weighted by Crippen LogP contribution is 2.39. The van der Waals surface area contributed by atoms with E-state index in [1.165, 1.54) is 103 Å². The highest BCUT2D eigenvalue weighted by atomic mass is 14.3. The summed E-state index contributed by atoms with van der Waals surface area (Å²) in [7, 11) is 0. The SMILES string of the molecule is CCCC1CCC(CCC2CCC(CCc3ccc(C4CCC(CC)CC4)cc3)CC2)CC1. The Bertz CT molecular complexity index is 633. The quantitative estimate of drug-likeness (QED) is 0.332. The molecular weight excluding hydrogens is 396 g/mol. The molecule has 186 valence electrons. The topological polar surface area (TPSA) is 0 Å². The van der Waals surface area contributed by atoms with E-state index in [2.05, 4.69) is 38.1 Å².